The molecular formula is C11H22N2O2. The number of carbonyl (C=O) groups excluding carboxylic acids is 1. The molecule has 1 amide bonds. The fourth-order valence-corrected chi connectivity index (χ4v) is 2.21. The van der Waals surface area contributed by atoms with Gasteiger partial charge >= 0.3 is 0 Å². The Bertz CT molecular complexity index is 233. The molecule has 0 heterocycles. The molecule has 88 valence electrons. The molecule has 0 aromatic carbocycles. The van der Waals surface area contributed by atoms with E-state index in [4.69, 9.17) is 10.8 Å². The van der Waals surface area contributed by atoms with Crippen molar-refractivity contribution in [2.45, 2.75) is 51.1 Å². The van der Waals surface area contributed by atoms with Crippen molar-refractivity contribution in [1.29, 1.82) is 0 Å². The number of aliphatic hydroxyl groups excluding tert-OH is 1. The maximum Gasteiger partial charge on any atom is 0.240 e. The molecular weight excluding hydrogens is 192 g/mol. The van der Waals surface area contributed by atoms with Gasteiger partial charge in [-0.3, -0.25) is 4.79 Å². The van der Waals surface area contributed by atoms with Crippen LogP contribution in [-0.2, 0) is 4.79 Å². The lowest BCUT2D eigenvalue weighted by Gasteiger charge is -2.36. The summed E-state index contributed by atoms with van der Waals surface area (Å²) in [5, 5.41) is 11.6. The van der Waals surface area contributed by atoms with Crippen LogP contribution in [-0.4, -0.2) is 29.2 Å². The summed E-state index contributed by atoms with van der Waals surface area (Å²) >= 11 is 0. The van der Waals surface area contributed by atoms with Gasteiger partial charge in [0.25, 0.3) is 0 Å². The highest BCUT2D eigenvalue weighted by Crippen LogP contribution is 2.30. The number of hydrogen-bond acceptors (Lipinski definition) is 3. The Kier molecular flexibility index (Phi) is 4.11. The van der Waals surface area contributed by atoms with Gasteiger partial charge in [0.05, 0.1) is 12.1 Å². The van der Waals surface area contributed by atoms with Crippen LogP contribution in [0.1, 0.15) is 39.5 Å². The van der Waals surface area contributed by atoms with E-state index in [1.54, 1.807) is 6.92 Å². The van der Waals surface area contributed by atoms with Gasteiger partial charge in [0.2, 0.25) is 5.91 Å². The lowest BCUT2D eigenvalue weighted by Crippen LogP contribution is -2.58. The molecule has 1 aliphatic carbocycles. The van der Waals surface area contributed by atoms with Gasteiger partial charge in [-0.1, -0.05) is 19.8 Å². The second-order valence-electron chi connectivity index (χ2n) is 4.91. The van der Waals surface area contributed by atoms with Crippen molar-refractivity contribution in [3.8, 4) is 0 Å². The van der Waals surface area contributed by atoms with Gasteiger partial charge in [0.15, 0.2) is 0 Å². The SMILES string of the molecule is CC1CCCC(N)(C(=O)N[C@H](C)CO)C1. The molecule has 0 aromatic rings. The first-order valence-electron chi connectivity index (χ1n) is 5.68. The van der Waals surface area contributed by atoms with Crippen molar-refractivity contribution in [3.05, 3.63) is 0 Å². The fourth-order valence-electron chi connectivity index (χ4n) is 2.21. The van der Waals surface area contributed by atoms with Crippen LogP contribution in [0.3, 0.4) is 0 Å². The van der Waals surface area contributed by atoms with Gasteiger partial charge < -0.3 is 16.2 Å². The average molecular weight is 214 g/mol. The summed E-state index contributed by atoms with van der Waals surface area (Å²) in [6.07, 6.45) is 3.67. The highest BCUT2D eigenvalue weighted by molar-refractivity contribution is 5.86. The van der Waals surface area contributed by atoms with Crippen LogP contribution in [0.4, 0.5) is 0 Å². The molecule has 0 aromatic heterocycles. The summed E-state index contributed by atoms with van der Waals surface area (Å²) < 4.78 is 0. The third-order valence-corrected chi connectivity index (χ3v) is 3.14. The largest absolute Gasteiger partial charge is 0.394 e. The van der Waals surface area contributed by atoms with E-state index in [0.29, 0.717) is 5.92 Å². The van der Waals surface area contributed by atoms with E-state index in [-0.39, 0.29) is 18.6 Å². The number of aliphatic hydroxyl groups is 1. The molecule has 1 fully saturated rings. The second-order valence-corrected chi connectivity index (χ2v) is 4.91. The molecule has 1 rings (SSSR count). The van der Waals surface area contributed by atoms with Crippen LogP contribution >= 0.6 is 0 Å². The van der Waals surface area contributed by atoms with E-state index in [2.05, 4.69) is 12.2 Å². The third-order valence-electron chi connectivity index (χ3n) is 3.14. The Morgan fingerprint density at radius 3 is 2.93 bits per heavy atom. The lowest BCUT2D eigenvalue weighted by molar-refractivity contribution is -0.129. The van der Waals surface area contributed by atoms with Gasteiger partial charge in [-0.05, 0) is 25.7 Å². The Balaban J connectivity index is 2.56. The molecule has 4 heteroatoms. The first-order valence-corrected chi connectivity index (χ1v) is 5.68. The minimum absolute atomic E-state index is 0.0443. The van der Waals surface area contributed by atoms with Crippen molar-refractivity contribution >= 4 is 5.91 Å². The molecule has 0 radical (unpaired) electrons. The number of carbonyl (C=O) groups is 1. The van der Waals surface area contributed by atoms with Crippen molar-refractivity contribution in [2.75, 3.05) is 6.61 Å². The molecule has 0 aliphatic heterocycles. The number of nitrogens with one attached hydrogen (secondary N) is 1. The minimum Gasteiger partial charge on any atom is -0.394 e. The standard InChI is InChI=1S/C11H22N2O2/c1-8-4-3-5-11(12,6-8)10(15)13-9(2)7-14/h8-9,14H,3-7,12H2,1-2H3,(H,13,15)/t8?,9-,11?/m1/s1. The third kappa shape index (κ3) is 3.18. The van der Waals surface area contributed by atoms with Crippen LogP contribution in [0.5, 0.6) is 0 Å². The molecule has 4 N–H and O–H groups in total. The van der Waals surface area contributed by atoms with Crippen molar-refractivity contribution in [1.82, 2.24) is 5.32 Å². The Morgan fingerprint density at radius 2 is 2.40 bits per heavy atom. The van der Waals surface area contributed by atoms with Crippen molar-refractivity contribution in [3.63, 3.8) is 0 Å². The molecule has 0 saturated heterocycles. The summed E-state index contributed by atoms with van der Waals surface area (Å²) in [6.45, 7) is 3.86. The summed E-state index contributed by atoms with van der Waals surface area (Å²) in [6, 6.07) is -0.213. The molecule has 15 heavy (non-hydrogen) atoms. The number of hydrogen-bond donors (Lipinski definition) is 3. The summed E-state index contributed by atoms with van der Waals surface area (Å²) in [4.78, 5) is 11.9. The topological polar surface area (TPSA) is 75.4 Å². The van der Waals surface area contributed by atoms with E-state index in [1.165, 1.54) is 0 Å². The smallest absolute Gasteiger partial charge is 0.240 e. The zero-order chi connectivity index (χ0) is 11.5. The lowest BCUT2D eigenvalue weighted by atomic mass is 9.76. The quantitative estimate of drug-likeness (QED) is 0.636. The fraction of sp³-hybridized carbons (Fsp3) is 0.909. The Hall–Kier alpha value is -0.610. The first kappa shape index (κ1) is 12.5. The van der Waals surface area contributed by atoms with E-state index < -0.39 is 5.54 Å². The predicted octanol–water partition coefficient (Wildman–Crippen LogP) is 0.391. The summed E-state index contributed by atoms with van der Waals surface area (Å²) in [5.41, 5.74) is 5.38. The van der Waals surface area contributed by atoms with Crippen LogP contribution < -0.4 is 11.1 Å². The van der Waals surface area contributed by atoms with Gasteiger partial charge in [0.1, 0.15) is 0 Å². The van der Waals surface area contributed by atoms with E-state index in [1.807, 2.05) is 0 Å². The molecule has 0 spiro atoms. The number of amides is 1. The summed E-state index contributed by atoms with van der Waals surface area (Å²) in [7, 11) is 0. The highest BCUT2D eigenvalue weighted by Gasteiger charge is 2.38. The predicted molar refractivity (Wildman–Crippen MR) is 59.2 cm³/mol. The van der Waals surface area contributed by atoms with Crippen LogP contribution in [0.25, 0.3) is 0 Å². The van der Waals surface area contributed by atoms with Gasteiger partial charge in [-0.25, -0.2) is 0 Å². The summed E-state index contributed by atoms with van der Waals surface area (Å²) in [5.74, 6) is 0.398. The maximum absolute atomic E-state index is 11.9. The van der Waals surface area contributed by atoms with Crippen molar-refractivity contribution in [2.24, 2.45) is 11.7 Å². The van der Waals surface area contributed by atoms with Gasteiger partial charge in [-0.2, -0.15) is 0 Å². The average Bonchev–Trinajstić information content (AvgIpc) is 2.17. The monoisotopic (exact) mass is 214 g/mol. The van der Waals surface area contributed by atoms with E-state index in [9.17, 15) is 4.79 Å². The zero-order valence-corrected chi connectivity index (χ0v) is 9.62. The zero-order valence-electron chi connectivity index (χ0n) is 9.62. The van der Waals surface area contributed by atoms with Gasteiger partial charge in [-0.15, -0.1) is 0 Å². The maximum atomic E-state index is 11.9. The van der Waals surface area contributed by atoms with Gasteiger partial charge in [0, 0.05) is 6.04 Å². The molecule has 4 nitrogen and oxygen atoms in total. The molecule has 0 bridgehead atoms. The number of nitrogens with two attached hydrogens (primary N) is 1. The van der Waals surface area contributed by atoms with E-state index >= 15 is 0 Å². The number of rotatable bonds is 3. The van der Waals surface area contributed by atoms with Crippen LogP contribution in [0, 0.1) is 5.92 Å². The molecule has 1 aliphatic rings. The normalized spacial score (nSPS) is 33.5. The van der Waals surface area contributed by atoms with Crippen LogP contribution in [0.2, 0.25) is 0 Å². The van der Waals surface area contributed by atoms with Crippen LogP contribution in [0.15, 0.2) is 0 Å². The van der Waals surface area contributed by atoms with E-state index in [0.717, 1.165) is 25.7 Å². The molecule has 1 saturated carbocycles. The molecule has 2 unspecified atom stereocenters. The Labute approximate surface area is 91.2 Å². The molecule has 3 atom stereocenters. The Morgan fingerprint density at radius 1 is 1.73 bits per heavy atom. The second kappa shape index (κ2) is 4.94. The first-order chi connectivity index (χ1) is 6.98. The highest BCUT2D eigenvalue weighted by atomic mass is 16.3. The minimum atomic E-state index is -0.721. The van der Waals surface area contributed by atoms with Crippen molar-refractivity contribution < 1.29 is 9.90 Å².